The Hall–Kier alpha value is -2.96. The molecular weight excluding hydrogens is 458 g/mol. The van der Waals surface area contributed by atoms with Crippen molar-refractivity contribution in [2.45, 2.75) is 13.3 Å². The van der Waals surface area contributed by atoms with Gasteiger partial charge >= 0.3 is 0 Å². The molecule has 0 fully saturated rings. The summed E-state index contributed by atoms with van der Waals surface area (Å²) in [6.07, 6.45) is 2.53. The number of anilines is 2. The van der Waals surface area contributed by atoms with Gasteiger partial charge < -0.3 is 10.4 Å². The first-order chi connectivity index (χ1) is 14.7. The Kier molecular flexibility index (Phi) is 4.89. The van der Waals surface area contributed by atoms with Gasteiger partial charge in [0.1, 0.15) is 22.7 Å². The van der Waals surface area contributed by atoms with E-state index in [4.69, 9.17) is 0 Å². The van der Waals surface area contributed by atoms with Crippen LogP contribution in [0.1, 0.15) is 11.8 Å². The molecule has 0 saturated carbocycles. The quantitative estimate of drug-likeness (QED) is 0.286. The van der Waals surface area contributed by atoms with Gasteiger partial charge in [-0.2, -0.15) is 0 Å². The van der Waals surface area contributed by atoms with Crippen molar-refractivity contribution in [3.05, 3.63) is 76.3 Å². The highest BCUT2D eigenvalue weighted by atomic mass is 79.9. The van der Waals surface area contributed by atoms with Crippen molar-refractivity contribution in [2.75, 3.05) is 5.32 Å². The van der Waals surface area contributed by atoms with Crippen molar-refractivity contribution in [3.63, 3.8) is 0 Å². The summed E-state index contributed by atoms with van der Waals surface area (Å²) < 4.78 is 1.05. The van der Waals surface area contributed by atoms with E-state index in [2.05, 4.69) is 62.4 Å². The number of nitrogens with one attached hydrogen (secondary N) is 1. The normalized spacial score (nSPS) is 11.3. The number of thiophene rings is 1. The number of halogens is 1. The summed E-state index contributed by atoms with van der Waals surface area (Å²) in [5.41, 5.74) is 3.22. The highest BCUT2D eigenvalue weighted by molar-refractivity contribution is 9.10. The molecule has 6 heteroatoms. The summed E-state index contributed by atoms with van der Waals surface area (Å²) in [6, 6.07) is 19.8. The number of aromatic hydroxyl groups is 1. The van der Waals surface area contributed by atoms with E-state index in [0.29, 0.717) is 0 Å². The molecule has 0 spiro atoms. The van der Waals surface area contributed by atoms with E-state index in [1.165, 1.54) is 10.4 Å². The van der Waals surface area contributed by atoms with Crippen molar-refractivity contribution >= 4 is 59.8 Å². The molecular formula is C24H18BrN3OS. The van der Waals surface area contributed by atoms with E-state index in [0.717, 1.165) is 49.0 Å². The van der Waals surface area contributed by atoms with Crippen LogP contribution in [0.5, 0.6) is 5.75 Å². The van der Waals surface area contributed by atoms with Gasteiger partial charge in [0, 0.05) is 31.4 Å². The molecule has 0 bridgehead atoms. The van der Waals surface area contributed by atoms with Crippen LogP contribution in [0, 0.1) is 0 Å². The molecule has 0 aliphatic rings. The maximum atomic E-state index is 10.2. The van der Waals surface area contributed by atoms with Gasteiger partial charge in [-0.15, -0.1) is 11.3 Å². The Morgan fingerprint density at radius 1 is 0.967 bits per heavy atom. The molecule has 0 aliphatic carbocycles. The lowest BCUT2D eigenvalue weighted by Crippen LogP contribution is -1.96. The fourth-order valence-corrected chi connectivity index (χ4v) is 5.14. The molecule has 0 atom stereocenters. The minimum atomic E-state index is 0.267. The average molecular weight is 476 g/mol. The van der Waals surface area contributed by atoms with Crippen LogP contribution in [0.25, 0.3) is 32.1 Å². The number of phenols is 1. The Morgan fingerprint density at radius 2 is 1.73 bits per heavy atom. The fourth-order valence-electron chi connectivity index (χ4n) is 3.77. The molecule has 0 amide bonds. The van der Waals surface area contributed by atoms with E-state index in [9.17, 15) is 5.11 Å². The standard InChI is InChI=1S/C24H18BrN3OS/c1-2-20-21(14-9-11-15(25)12-10-14)22-23(26-13-27-24(22)30-20)28-18-7-3-6-17-16(18)5-4-8-19(17)29/h3-13,29H,2H2,1H3,(H,26,27,28). The summed E-state index contributed by atoms with van der Waals surface area (Å²) in [4.78, 5) is 11.4. The molecule has 5 rings (SSSR count). The van der Waals surface area contributed by atoms with E-state index in [-0.39, 0.29) is 5.75 Å². The molecule has 2 aromatic heterocycles. The molecule has 0 aliphatic heterocycles. The van der Waals surface area contributed by atoms with Crippen LogP contribution in [0.4, 0.5) is 11.5 Å². The molecule has 0 radical (unpaired) electrons. The van der Waals surface area contributed by atoms with Crippen LogP contribution in [-0.2, 0) is 6.42 Å². The van der Waals surface area contributed by atoms with Gasteiger partial charge in [0.2, 0.25) is 0 Å². The lowest BCUT2D eigenvalue weighted by atomic mass is 10.0. The SMILES string of the molecule is CCc1sc2ncnc(Nc3cccc4c(O)cccc34)c2c1-c1ccc(Br)cc1. The topological polar surface area (TPSA) is 58.0 Å². The second kappa shape index (κ2) is 7.70. The predicted octanol–water partition coefficient (Wildman–Crippen LogP) is 7.29. The molecule has 4 nitrogen and oxygen atoms in total. The van der Waals surface area contributed by atoms with Gasteiger partial charge in [-0.05, 0) is 36.2 Å². The summed E-state index contributed by atoms with van der Waals surface area (Å²) >= 11 is 5.24. The molecule has 2 N–H and O–H groups in total. The number of fused-ring (bicyclic) bond motifs is 2. The second-order valence-electron chi connectivity index (χ2n) is 6.97. The zero-order chi connectivity index (χ0) is 20.7. The number of aryl methyl sites for hydroxylation is 1. The Labute approximate surface area is 186 Å². The van der Waals surface area contributed by atoms with Crippen molar-refractivity contribution in [1.82, 2.24) is 9.97 Å². The lowest BCUT2D eigenvalue weighted by Gasteiger charge is -2.12. The predicted molar refractivity (Wildman–Crippen MR) is 129 cm³/mol. The summed E-state index contributed by atoms with van der Waals surface area (Å²) in [6.45, 7) is 2.17. The minimum absolute atomic E-state index is 0.267. The Morgan fingerprint density at radius 3 is 2.53 bits per heavy atom. The van der Waals surface area contributed by atoms with Crippen molar-refractivity contribution in [2.24, 2.45) is 0 Å². The summed E-state index contributed by atoms with van der Waals surface area (Å²) in [5, 5.41) is 16.5. The van der Waals surface area contributed by atoms with E-state index in [1.54, 1.807) is 23.7 Å². The maximum Gasteiger partial charge on any atom is 0.143 e. The van der Waals surface area contributed by atoms with E-state index < -0.39 is 0 Å². The zero-order valence-electron chi connectivity index (χ0n) is 16.2. The first-order valence-corrected chi connectivity index (χ1v) is 11.3. The zero-order valence-corrected chi connectivity index (χ0v) is 18.6. The second-order valence-corrected chi connectivity index (χ2v) is 8.97. The monoisotopic (exact) mass is 475 g/mol. The van der Waals surface area contributed by atoms with Crippen molar-refractivity contribution < 1.29 is 5.11 Å². The number of nitrogens with zero attached hydrogens (tertiary/aromatic N) is 2. The number of phenolic OH excluding ortho intramolecular Hbond substituents is 1. The largest absolute Gasteiger partial charge is 0.507 e. The number of rotatable bonds is 4. The molecule has 3 aromatic carbocycles. The van der Waals surface area contributed by atoms with Crippen LogP contribution < -0.4 is 5.32 Å². The van der Waals surface area contributed by atoms with Crippen LogP contribution in [0.2, 0.25) is 0 Å². The number of hydrogen-bond donors (Lipinski definition) is 2. The summed E-state index contributed by atoms with van der Waals surface area (Å²) in [5.74, 6) is 1.04. The Bertz CT molecular complexity index is 1380. The third kappa shape index (κ3) is 3.22. The third-order valence-corrected chi connectivity index (χ3v) is 6.94. The van der Waals surface area contributed by atoms with Gasteiger partial charge in [-0.25, -0.2) is 9.97 Å². The number of benzene rings is 3. The van der Waals surface area contributed by atoms with Crippen LogP contribution >= 0.6 is 27.3 Å². The van der Waals surface area contributed by atoms with E-state index >= 15 is 0 Å². The first kappa shape index (κ1) is 19.0. The minimum Gasteiger partial charge on any atom is -0.507 e. The molecule has 30 heavy (non-hydrogen) atoms. The van der Waals surface area contributed by atoms with E-state index in [1.807, 2.05) is 30.3 Å². The summed E-state index contributed by atoms with van der Waals surface area (Å²) in [7, 11) is 0. The fraction of sp³-hybridized carbons (Fsp3) is 0.0833. The number of aromatic nitrogens is 2. The molecule has 0 saturated heterocycles. The lowest BCUT2D eigenvalue weighted by molar-refractivity contribution is 0.481. The van der Waals surface area contributed by atoms with Gasteiger partial charge in [0.25, 0.3) is 0 Å². The average Bonchev–Trinajstić information content (AvgIpc) is 3.15. The first-order valence-electron chi connectivity index (χ1n) is 9.65. The van der Waals surface area contributed by atoms with Crippen molar-refractivity contribution in [3.8, 4) is 16.9 Å². The molecule has 148 valence electrons. The third-order valence-electron chi connectivity index (χ3n) is 5.17. The van der Waals surface area contributed by atoms with Crippen molar-refractivity contribution in [1.29, 1.82) is 0 Å². The molecule has 5 aromatic rings. The molecule has 0 unspecified atom stereocenters. The van der Waals surface area contributed by atoms with Crippen LogP contribution in [-0.4, -0.2) is 15.1 Å². The highest BCUT2D eigenvalue weighted by Crippen LogP contribution is 2.42. The van der Waals surface area contributed by atoms with Gasteiger partial charge in [-0.1, -0.05) is 59.3 Å². The van der Waals surface area contributed by atoms with Gasteiger partial charge in [0.15, 0.2) is 0 Å². The van der Waals surface area contributed by atoms with Crippen LogP contribution in [0.15, 0.2) is 71.5 Å². The highest BCUT2D eigenvalue weighted by Gasteiger charge is 2.18. The molecule has 2 heterocycles. The smallest absolute Gasteiger partial charge is 0.143 e. The van der Waals surface area contributed by atoms with Gasteiger partial charge in [-0.3, -0.25) is 0 Å². The Balaban J connectivity index is 1.72. The van der Waals surface area contributed by atoms with Gasteiger partial charge in [0.05, 0.1) is 5.39 Å². The number of hydrogen-bond acceptors (Lipinski definition) is 5. The maximum absolute atomic E-state index is 10.2. The van der Waals surface area contributed by atoms with Crippen LogP contribution in [0.3, 0.4) is 0 Å².